The number of carbonyl (C=O) groups is 2. The molecule has 2 saturated heterocycles. The standard InChI is InChI=1S/C22H37N5O5S/c1-5-25(6-2)20(28)16-24-10-7-11-26(15-14-24)22(29)19-8-12-27(13-9-19)33(30,31)21-17(3)23-32-18(21)4/h19H,5-16H2,1-4H3. The number of sulfonamides is 1. The fraction of sp³-hybridized carbons (Fsp3) is 0.773. The number of amides is 2. The van der Waals surface area contributed by atoms with Crippen molar-refractivity contribution in [3.63, 3.8) is 0 Å². The SMILES string of the molecule is CCN(CC)C(=O)CN1CCCN(C(=O)C2CCN(S(=O)(=O)c3c(C)noc3C)CC2)CC1. The molecular weight excluding hydrogens is 446 g/mol. The molecule has 33 heavy (non-hydrogen) atoms. The van der Waals surface area contributed by atoms with Crippen molar-refractivity contribution in [1.82, 2.24) is 24.2 Å². The van der Waals surface area contributed by atoms with Gasteiger partial charge in [0.25, 0.3) is 0 Å². The van der Waals surface area contributed by atoms with Crippen molar-refractivity contribution in [3.05, 3.63) is 11.5 Å². The Labute approximate surface area is 196 Å². The first kappa shape index (κ1) is 25.6. The van der Waals surface area contributed by atoms with E-state index in [1.54, 1.807) is 13.8 Å². The zero-order chi connectivity index (χ0) is 24.2. The van der Waals surface area contributed by atoms with Gasteiger partial charge in [-0.2, -0.15) is 4.31 Å². The molecule has 0 unspecified atom stereocenters. The zero-order valence-electron chi connectivity index (χ0n) is 20.2. The molecule has 11 heteroatoms. The number of nitrogens with zero attached hydrogens (tertiary/aromatic N) is 5. The molecule has 2 fully saturated rings. The van der Waals surface area contributed by atoms with Crippen LogP contribution in [0.3, 0.4) is 0 Å². The summed E-state index contributed by atoms with van der Waals surface area (Å²) in [5, 5.41) is 3.76. The third kappa shape index (κ3) is 5.75. The molecule has 3 heterocycles. The predicted molar refractivity (Wildman–Crippen MR) is 123 cm³/mol. The van der Waals surface area contributed by atoms with E-state index in [2.05, 4.69) is 10.1 Å². The summed E-state index contributed by atoms with van der Waals surface area (Å²) < 4.78 is 32.5. The number of rotatable bonds is 7. The lowest BCUT2D eigenvalue weighted by Crippen LogP contribution is -2.45. The second-order valence-corrected chi connectivity index (χ2v) is 10.7. The van der Waals surface area contributed by atoms with Gasteiger partial charge < -0.3 is 14.3 Å². The molecule has 2 aliphatic heterocycles. The van der Waals surface area contributed by atoms with Crippen molar-refractivity contribution in [2.75, 3.05) is 58.9 Å². The van der Waals surface area contributed by atoms with Crippen molar-refractivity contribution in [3.8, 4) is 0 Å². The summed E-state index contributed by atoms with van der Waals surface area (Å²) in [5.41, 5.74) is 0.360. The summed E-state index contributed by atoms with van der Waals surface area (Å²) in [6.45, 7) is 12.3. The molecule has 186 valence electrons. The van der Waals surface area contributed by atoms with Crippen molar-refractivity contribution in [2.45, 2.75) is 51.9 Å². The fourth-order valence-electron chi connectivity index (χ4n) is 4.79. The van der Waals surface area contributed by atoms with Crippen molar-refractivity contribution < 1.29 is 22.5 Å². The number of carbonyl (C=O) groups excluding carboxylic acids is 2. The predicted octanol–water partition coefficient (Wildman–Crippen LogP) is 1.09. The molecule has 0 saturated carbocycles. The van der Waals surface area contributed by atoms with Gasteiger partial charge in [-0.1, -0.05) is 5.16 Å². The molecule has 1 aromatic rings. The minimum atomic E-state index is -3.68. The molecular formula is C22H37N5O5S. The van der Waals surface area contributed by atoms with E-state index in [4.69, 9.17) is 4.52 Å². The molecule has 0 aromatic carbocycles. The highest BCUT2D eigenvalue weighted by Crippen LogP contribution is 2.28. The average molecular weight is 484 g/mol. The lowest BCUT2D eigenvalue weighted by molar-refractivity contribution is -0.136. The molecule has 2 aliphatic rings. The van der Waals surface area contributed by atoms with Crippen LogP contribution in [-0.2, 0) is 19.6 Å². The van der Waals surface area contributed by atoms with Gasteiger partial charge in [0.2, 0.25) is 21.8 Å². The number of aryl methyl sites for hydroxylation is 2. The highest BCUT2D eigenvalue weighted by molar-refractivity contribution is 7.89. The van der Waals surface area contributed by atoms with Gasteiger partial charge in [0.05, 0.1) is 6.54 Å². The van der Waals surface area contributed by atoms with Gasteiger partial charge in [-0.05, 0) is 47.0 Å². The normalized spacial score (nSPS) is 19.5. The number of likely N-dealkylation sites (N-methyl/N-ethyl adjacent to an activating group) is 1. The van der Waals surface area contributed by atoms with Crippen molar-refractivity contribution in [2.24, 2.45) is 5.92 Å². The Morgan fingerprint density at radius 2 is 1.70 bits per heavy atom. The van der Waals surface area contributed by atoms with E-state index < -0.39 is 10.0 Å². The van der Waals surface area contributed by atoms with Gasteiger partial charge in [-0.25, -0.2) is 8.42 Å². The molecule has 0 radical (unpaired) electrons. The minimum absolute atomic E-state index is 0.0984. The summed E-state index contributed by atoms with van der Waals surface area (Å²) in [7, 11) is -3.68. The molecule has 0 spiro atoms. The lowest BCUT2D eigenvalue weighted by Gasteiger charge is -2.33. The molecule has 0 bridgehead atoms. The van der Waals surface area contributed by atoms with Gasteiger partial charge in [0.15, 0.2) is 5.76 Å². The molecule has 0 atom stereocenters. The summed E-state index contributed by atoms with van der Waals surface area (Å²) >= 11 is 0. The van der Waals surface area contributed by atoms with Crippen LogP contribution in [0.25, 0.3) is 0 Å². The maximum atomic E-state index is 13.2. The van der Waals surface area contributed by atoms with Crippen LogP contribution in [-0.4, -0.2) is 103 Å². The van der Waals surface area contributed by atoms with Crippen LogP contribution in [0.4, 0.5) is 0 Å². The van der Waals surface area contributed by atoms with Crippen LogP contribution in [0.15, 0.2) is 9.42 Å². The van der Waals surface area contributed by atoms with Crippen molar-refractivity contribution >= 4 is 21.8 Å². The monoisotopic (exact) mass is 483 g/mol. The van der Waals surface area contributed by atoms with Gasteiger partial charge >= 0.3 is 0 Å². The van der Waals surface area contributed by atoms with Crippen LogP contribution in [0, 0.1) is 19.8 Å². The largest absolute Gasteiger partial charge is 0.360 e. The summed E-state index contributed by atoms with van der Waals surface area (Å²) in [6, 6.07) is 0. The van der Waals surface area contributed by atoms with Gasteiger partial charge in [-0.3, -0.25) is 14.5 Å². The topological polar surface area (TPSA) is 107 Å². The van der Waals surface area contributed by atoms with E-state index in [1.165, 1.54) is 4.31 Å². The first-order valence-corrected chi connectivity index (χ1v) is 13.3. The molecule has 0 N–H and O–H groups in total. The lowest BCUT2D eigenvalue weighted by atomic mass is 9.96. The summed E-state index contributed by atoms with van der Waals surface area (Å²) in [6.07, 6.45) is 1.83. The Bertz CT molecular complexity index is 915. The number of aromatic nitrogens is 1. The molecule has 3 rings (SSSR count). The molecule has 0 aliphatic carbocycles. The maximum Gasteiger partial charge on any atom is 0.248 e. The second kappa shape index (κ2) is 11.0. The van der Waals surface area contributed by atoms with Gasteiger partial charge in [0, 0.05) is 58.3 Å². The van der Waals surface area contributed by atoms with E-state index in [1.807, 2.05) is 23.6 Å². The van der Waals surface area contributed by atoms with Gasteiger partial charge in [0.1, 0.15) is 10.6 Å². The highest BCUT2D eigenvalue weighted by Gasteiger charge is 2.36. The van der Waals surface area contributed by atoms with Crippen molar-refractivity contribution in [1.29, 1.82) is 0 Å². The number of piperidine rings is 1. The van der Waals surface area contributed by atoms with E-state index >= 15 is 0 Å². The molecule has 2 amide bonds. The van der Waals surface area contributed by atoms with Crippen LogP contribution >= 0.6 is 0 Å². The first-order valence-electron chi connectivity index (χ1n) is 11.9. The Kier molecular flexibility index (Phi) is 8.52. The Morgan fingerprint density at radius 3 is 2.27 bits per heavy atom. The quantitative estimate of drug-likeness (QED) is 0.571. The average Bonchev–Trinajstić information content (AvgIpc) is 2.98. The van der Waals surface area contributed by atoms with E-state index in [9.17, 15) is 18.0 Å². The number of hydrogen-bond donors (Lipinski definition) is 0. The highest BCUT2D eigenvalue weighted by atomic mass is 32.2. The third-order valence-corrected chi connectivity index (χ3v) is 8.89. The maximum absolute atomic E-state index is 13.2. The molecule has 10 nitrogen and oxygen atoms in total. The van der Waals surface area contributed by atoms with E-state index in [0.717, 1.165) is 13.0 Å². The third-order valence-electron chi connectivity index (χ3n) is 6.74. The van der Waals surface area contributed by atoms with E-state index in [0.29, 0.717) is 76.7 Å². The van der Waals surface area contributed by atoms with Crippen LogP contribution in [0.1, 0.15) is 44.6 Å². The first-order chi connectivity index (χ1) is 15.7. The summed E-state index contributed by atoms with van der Waals surface area (Å²) in [4.78, 5) is 31.6. The summed E-state index contributed by atoms with van der Waals surface area (Å²) in [5.74, 6) is 0.345. The van der Waals surface area contributed by atoms with E-state index in [-0.39, 0.29) is 22.6 Å². The van der Waals surface area contributed by atoms with Crippen LogP contribution in [0.2, 0.25) is 0 Å². The van der Waals surface area contributed by atoms with Gasteiger partial charge in [-0.15, -0.1) is 0 Å². The fourth-order valence-corrected chi connectivity index (χ4v) is 6.55. The number of hydrogen-bond acceptors (Lipinski definition) is 7. The smallest absolute Gasteiger partial charge is 0.248 e. The molecule has 1 aromatic heterocycles. The Hall–Kier alpha value is -1.98. The zero-order valence-corrected chi connectivity index (χ0v) is 21.1. The van der Waals surface area contributed by atoms with Crippen LogP contribution < -0.4 is 0 Å². The Balaban J connectivity index is 1.53. The van der Waals surface area contributed by atoms with Crippen LogP contribution in [0.5, 0.6) is 0 Å². The minimum Gasteiger partial charge on any atom is -0.360 e. The second-order valence-electron chi connectivity index (χ2n) is 8.85. The Morgan fingerprint density at radius 1 is 1.03 bits per heavy atom.